The molecule has 0 bridgehead atoms. The Morgan fingerprint density at radius 3 is 2.52 bits per heavy atom. The first-order chi connectivity index (χ1) is 13.9. The number of fused-ring (bicyclic) bond motifs is 1. The number of aromatic nitrogens is 2. The Balaban J connectivity index is 2.07. The molecule has 0 unspecified atom stereocenters. The summed E-state index contributed by atoms with van der Waals surface area (Å²) in [5.41, 5.74) is -0.921. The molecule has 10 heteroatoms. The van der Waals surface area contributed by atoms with Gasteiger partial charge in [-0.15, -0.1) is 0 Å². The number of pyridine rings is 2. The number of nitrogens with zero attached hydrogens (tertiary/aromatic N) is 4. The van der Waals surface area contributed by atoms with E-state index in [0.29, 0.717) is 26.2 Å². The predicted octanol–water partition coefficient (Wildman–Crippen LogP) is 1.35. The number of hydrogen-bond acceptors (Lipinski definition) is 6. The zero-order valence-corrected chi connectivity index (χ0v) is 16.3. The van der Waals surface area contributed by atoms with E-state index in [4.69, 9.17) is 4.74 Å². The van der Waals surface area contributed by atoms with Crippen molar-refractivity contribution in [2.45, 2.75) is 20.4 Å². The van der Waals surface area contributed by atoms with Gasteiger partial charge in [0.05, 0.1) is 18.5 Å². The van der Waals surface area contributed by atoms with Crippen LogP contribution in [-0.4, -0.2) is 65.8 Å². The van der Waals surface area contributed by atoms with Crippen molar-refractivity contribution in [2.24, 2.45) is 0 Å². The first-order valence-corrected chi connectivity index (χ1v) is 9.34. The van der Waals surface area contributed by atoms with Crippen molar-refractivity contribution in [1.29, 1.82) is 0 Å². The number of ether oxygens (including phenoxy) is 1. The second-order valence-electron chi connectivity index (χ2n) is 6.63. The smallest absolute Gasteiger partial charge is 0.343 e. The first kappa shape index (κ1) is 20.7. The minimum absolute atomic E-state index is 0.0246. The van der Waals surface area contributed by atoms with Gasteiger partial charge in [0.15, 0.2) is 11.6 Å². The van der Waals surface area contributed by atoms with Crippen LogP contribution in [0.4, 0.5) is 14.6 Å². The fraction of sp³-hybridized carbons (Fsp3) is 0.474. The van der Waals surface area contributed by atoms with Crippen molar-refractivity contribution in [3.63, 3.8) is 0 Å². The Labute approximate surface area is 165 Å². The lowest BCUT2D eigenvalue weighted by molar-refractivity contribution is -0.129. The summed E-state index contributed by atoms with van der Waals surface area (Å²) in [6, 6.07) is 1.02. The minimum Gasteiger partial charge on any atom is -0.462 e. The molecular weight excluding hydrogens is 386 g/mol. The molecule has 0 aromatic carbocycles. The van der Waals surface area contributed by atoms with Gasteiger partial charge in [0, 0.05) is 39.3 Å². The molecule has 0 N–H and O–H groups in total. The van der Waals surface area contributed by atoms with Crippen LogP contribution in [-0.2, 0) is 16.1 Å². The van der Waals surface area contributed by atoms with E-state index < -0.39 is 23.9 Å². The number of piperazine rings is 1. The minimum atomic E-state index is -0.850. The highest BCUT2D eigenvalue weighted by molar-refractivity contribution is 5.93. The molecule has 3 rings (SSSR count). The SMILES string of the molecule is CCOC(=O)c1cn(CCF)c2nc(N3CCN(C(C)=O)CC3)c(F)cc2c1=O. The lowest BCUT2D eigenvalue weighted by Crippen LogP contribution is -2.48. The van der Waals surface area contributed by atoms with Gasteiger partial charge in [0.2, 0.25) is 11.3 Å². The Morgan fingerprint density at radius 2 is 1.93 bits per heavy atom. The molecule has 0 spiro atoms. The fourth-order valence-electron chi connectivity index (χ4n) is 3.35. The van der Waals surface area contributed by atoms with Crippen LogP contribution in [0.3, 0.4) is 0 Å². The van der Waals surface area contributed by atoms with E-state index in [1.54, 1.807) is 16.7 Å². The lowest BCUT2D eigenvalue weighted by atomic mass is 10.1. The number of hydrogen-bond donors (Lipinski definition) is 0. The molecule has 2 aromatic heterocycles. The van der Waals surface area contributed by atoms with E-state index in [-0.39, 0.29) is 41.5 Å². The van der Waals surface area contributed by atoms with Gasteiger partial charge in [-0.2, -0.15) is 0 Å². The van der Waals surface area contributed by atoms with Gasteiger partial charge in [-0.1, -0.05) is 0 Å². The molecule has 0 radical (unpaired) electrons. The lowest BCUT2D eigenvalue weighted by Gasteiger charge is -2.35. The summed E-state index contributed by atoms with van der Waals surface area (Å²) in [6.45, 7) is 3.83. The first-order valence-electron chi connectivity index (χ1n) is 9.34. The van der Waals surface area contributed by atoms with Crippen molar-refractivity contribution in [2.75, 3.05) is 44.4 Å². The summed E-state index contributed by atoms with van der Waals surface area (Å²) >= 11 is 0. The third kappa shape index (κ3) is 4.06. The molecule has 1 aliphatic heterocycles. The van der Waals surface area contributed by atoms with Gasteiger partial charge in [-0.25, -0.2) is 18.6 Å². The molecule has 3 heterocycles. The Kier molecular flexibility index (Phi) is 6.09. The van der Waals surface area contributed by atoms with E-state index in [1.165, 1.54) is 17.7 Å². The summed E-state index contributed by atoms with van der Waals surface area (Å²) in [7, 11) is 0. The highest BCUT2D eigenvalue weighted by Crippen LogP contribution is 2.23. The summed E-state index contributed by atoms with van der Waals surface area (Å²) in [5, 5.41) is -0.118. The van der Waals surface area contributed by atoms with E-state index in [0.717, 1.165) is 6.07 Å². The average molecular weight is 408 g/mol. The van der Waals surface area contributed by atoms with Gasteiger partial charge < -0.3 is 19.1 Å². The van der Waals surface area contributed by atoms with E-state index in [9.17, 15) is 23.2 Å². The predicted molar refractivity (Wildman–Crippen MR) is 102 cm³/mol. The maximum Gasteiger partial charge on any atom is 0.343 e. The number of carbonyl (C=O) groups excluding carboxylic acids is 2. The van der Waals surface area contributed by atoms with Crippen molar-refractivity contribution < 1.29 is 23.1 Å². The molecule has 1 saturated heterocycles. The van der Waals surface area contributed by atoms with E-state index in [2.05, 4.69) is 4.98 Å². The summed E-state index contributed by atoms with van der Waals surface area (Å²) in [6.07, 6.45) is 1.20. The zero-order valence-electron chi connectivity index (χ0n) is 16.3. The molecule has 29 heavy (non-hydrogen) atoms. The number of halogens is 2. The number of anilines is 1. The molecule has 0 aliphatic carbocycles. The average Bonchev–Trinajstić information content (AvgIpc) is 2.70. The quantitative estimate of drug-likeness (QED) is 0.695. The van der Waals surface area contributed by atoms with Crippen molar-refractivity contribution in [3.8, 4) is 0 Å². The second-order valence-corrected chi connectivity index (χ2v) is 6.63. The van der Waals surface area contributed by atoms with Crippen molar-refractivity contribution in [1.82, 2.24) is 14.5 Å². The molecule has 8 nitrogen and oxygen atoms in total. The monoisotopic (exact) mass is 408 g/mol. The number of amides is 1. The number of carbonyl (C=O) groups is 2. The molecule has 0 saturated carbocycles. The second kappa shape index (κ2) is 8.54. The van der Waals surface area contributed by atoms with Crippen LogP contribution < -0.4 is 10.3 Å². The molecule has 1 amide bonds. The third-order valence-electron chi connectivity index (χ3n) is 4.83. The summed E-state index contributed by atoms with van der Waals surface area (Å²) in [5.74, 6) is -1.60. The topological polar surface area (TPSA) is 84.7 Å². The number of aryl methyl sites for hydroxylation is 1. The number of rotatable bonds is 5. The molecule has 156 valence electrons. The van der Waals surface area contributed by atoms with Crippen LogP contribution in [0.15, 0.2) is 17.1 Å². The van der Waals surface area contributed by atoms with Crippen LogP contribution in [0.1, 0.15) is 24.2 Å². The molecule has 2 aromatic rings. The van der Waals surface area contributed by atoms with Gasteiger partial charge in [0.25, 0.3) is 0 Å². The van der Waals surface area contributed by atoms with Crippen LogP contribution >= 0.6 is 0 Å². The maximum atomic E-state index is 14.8. The molecule has 1 aliphatic rings. The maximum absolute atomic E-state index is 14.8. The van der Waals surface area contributed by atoms with E-state index in [1.807, 2.05) is 0 Å². The number of esters is 1. The molecule has 0 atom stereocenters. The Hall–Kier alpha value is -3.04. The fourth-order valence-corrected chi connectivity index (χ4v) is 3.35. The van der Waals surface area contributed by atoms with Crippen LogP contribution in [0.2, 0.25) is 0 Å². The van der Waals surface area contributed by atoms with Crippen molar-refractivity contribution >= 4 is 28.7 Å². The molecular formula is C19H22F2N4O4. The van der Waals surface area contributed by atoms with Gasteiger partial charge in [0.1, 0.15) is 17.9 Å². The summed E-state index contributed by atoms with van der Waals surface area (Å²) < 4.78 is 34.1. The normalized spacial score (nSPS) is 14.3. The number of alkyl halides is 1. The largest absolute Gasteiger partial charge is 0.462 e. The summed E-state index contributed by atoms with van der Waals surface area (Å²) in [4.78, 5) is 43.8. The Bertz CT molecular complexity index is 1000. The van der Waals surface area contributed by atoms with E-state index >= 15 is 0 Å². The van der Waals surface area contributed by atoms with Crippen LogP contribution in [0.25, 0.3) is 11.0 Å². The molecule has 1 fully saturated rings. The van der Waals surface area contributed by atoms with Crippen LogP contribution in [0, 0.1) is 5.82 Å². The zero-order chi connectivity index (χ0) is 21.1. The van der Waals surface area contributed by atoms with Gasteiger partial charge in [-0.05, 0) is 13.0 Å². The highest BCUT2D eigenvalue weighted by Gasteiger charge is 2.24. The highest BCUT2D eigenvalue weighted by atomic mass is 19.1. The standard InChI is InChI=1S/C19H22F2N4O4/c1-3-29-19(28)14-11-25(5-4-20)17-13(16(14)27)10-15(21)18(22-17)24-8-6-23(7-9-24)12(2)26/h10-11H,3-9H2,1-2H3. The van der Waals surface area contributed by atoms with Crippen LogP contribution in [0.5, 0.6) is 0 Å². The van der Waals surface area contributed by atoms with Gasteiger partial charge >= 0.3 is 5.97 Å². The van der Waals surface area contributed by atoms with Gasteiger partial charge in [-0.3, -0.25) is 9.59 Å². The Morgan fingerprint density at radius 1 is 1.24 bits per heavy atom. The van der Waals surface area contributed by atoms with Crippen molar-refractivity contribution in [3.05, 3.63) is 33.9 Å². The third-order valence-corrected chi connectivity index (χ3v) is 4.83.